The fourth-order valence-corrected chi connectivity index (χ4v) is 1.83. The lowest BCUT2D eigenvalue weighted by molar-refractivity contribution is 0.466. The second-order valence-electron chi connectivity index (χ2n) is 2.74. The molecule has 0 aliphatic heterocycles. The van der Waals surface area contributed by atoms with E-state index >= 15 is 0 Å². The molecule has 0 saturated heterocycles. The molecule has 0 bridgehead atoms. The maximum atomic E-state index is 9.69. The van der Waals surface area contributed by atoms with Crippen molar-refractivity contribution in [1.29, 1.82) is 0 Å². The average molecular weight is 232 g/mol. The lowest BCUT2D eigenvalue weighted by Gasteiger charge is -2.08. The molecule has 1 aromatic rings. The van der Waals surface area contributed by atoms with E-state index in [1.54, 1.807) is 0 Å². The van der Waals surface area contributed by atoms with Gasteiger partial charge in [-0.2, -0.15) is 37.9 Å². The zero-order chi connectivity index (χ0) is 9.84. The van der Waals surface area contributed by atoms with E-state index in [0.29, 0.717) is 23.0 Å². The lowest BCUT2D eigenvalue weighted by Crippen LogP contribution is -1.90. The van der Waals surface area contributed by atoms with Crippen LogP contribution in [0.1, 0.15) is 16.7 Å². The molecular formula is C9H12OS3. The first-order chi connectivity index (χ1) is 6.22. The van der Waals surface area contributed by atoms with Crippen molar-refractivity contribution in [2.24, 2.45) is 0 Å². The number of benzene rings is 1. The van der Waals surface area contributed by atoms with E-state index in [9.17, 15) is 5.11 Å². The Kier molecular flexibility index (Phi) is 4.35. The summed E-state index contributed by atoms with van der Waals surface area (Å²) in [7, 11) is 0. The van der Waals surface area contributed by atoms with Crippen molar-refractivity contribution in [2.75, 3.05) is 0 Å². The van der Waals surface area contributed by atoms with E-state index in [-0.39, 0.29) is 0 Å². The molecule has 0 spiro atoms. The molecule has 0 fully saturated rings. The van der Waals surface area contributed by atoms with Crippen LogP contribution in [0.4, 0.5) is 0 Å². The van der Waals surface area contributed by atoms with Crippen LogP contribution in [0.15, 0.2) is 12.1 Å². The molecule has 0 atom stereocenters. The minimum absolute atomic E-state index is 0.315. The zero-order valence-electron chi connectivity index (χ0n) is 7.06. The van der Waals surface area contributed by atoms with Crippen LogP contribution < -0.4 is 0 Å². The predicted octanol–water partition coefficient (Wildman–Crippen LogP) is 2.68. The molecule has 0 heterocycles. The second-order valence-corrected chi connectivity index (χ2v) is 3.69. The number of aromatic hydroxyl groups is 1. The van der Waals surface area contributed by atoms with Crippen LogP contribution in [-0.4, -0.2) is 5.11 Å². The van der Waals surface area contributed by atoms with E-state index in [2.05, 4.69) is 37.9 Å². The summed E-state index contributed by atoms with van der Waals surface area (Å²) in [6, 6.07) is 3.84. The molecule has 1 rings (SSSR count). The van der Waals surface area contributed by atoms with Gasteiger partial charge in [0.05, 0.1) is 0 Å². The van der Waals surface area contributed by atoms with E-state index in [4.69, 9.17) is 0 Å². The van der Waals surface area contributed by atoms with Gasteiger partial charge in [0.2, 0.25) is 0 Å². The highest BCUT2D eigenvalue weighted by Crippen LogP contribution is 2.27. The van der Waals surface area contributed by atoms with Crippen LogP contribution in [0.25, 0.3) is 0 Å². The standard InChI is InChI=1S/C9H12OS3/c10-9-7(4-12)1-6(3-11)2-8(9)5-13/h1-2,10-13H,3-5H2. The number of phenolic OH excluding ortho intramolecular Hbond substituents is 1. The smallest absolute Gasteiger partial charge is 0.123 e. The third kappa shape index (κ3) is 2.51. The predicted molar refractivity (Wildman–Crippen MR) is 66.2 cm³/mol. The van der Waals surface area contributed by atoms with Crippen LogP contribution in [0.3, 0.4) is 0 Å². The average Bonchev–Trinajstić information content (AvgIpc) is 2.18. The molecule has 0 saturated carbocycles. The minimum atomic E-state index is 0.315. The minimum Gasteiger partial charge on any atom is -0.507 e. The molecule has 13 heavy (non-hydrogen) atoms. The molecule has 0 aliphatic carbocycles. The van der Waals surface area contributed by atoms with Gasteiger partial charge in [0.15, 0.2) is 0 Å². The van der Waals surface area contributed by atoms with Crippen molar-refractivity contribution >= 4 is 37.9 Å². The van der Waals surface area contributed by atoms with Gasteiger partial charge in [-0.05, 0) is 5.56 Å². The Morgan fingerprint density at radius 1 is 0.923 bits per heavy atom. The van der Waals surface area contributed by atoms with Crippen LogP contribution in [0.5, 0.6) is 5.75 Å². The first kappa shape index (κ1) is 11.1. The fraction of sp³-hybridized carbons (Fsp3) is 0.333. The topological polar surface area (TPSA) is 20.2 Å². The zero-order valence-corrected chi connectivity index (χ0v) is 9.75. The Labute approximate surface area is 94.8 Å². The van der Waals surface area contributed by atoms with Crippen molar-refractivity contribution < 1.29 is 5.11 Å². The molecule has 1 aromatic carbocycles. The van der Waals surface area contributed by atoms with Gasteiger partial charge in [0.25, 0.3) is 0 Å². The molecule has 4 heteroatoms. The molecule has 1 N–H and O–H groups in total. The Hall–Kier alpha value is 0.0700. The Morgan fingerprint density at radius 3 is 1.69 bits per heavy atom. The van der Waals surface area contributed by atoms with Crippen molar-refractivity contribution in [3.05, 3.63) is 28.8 Å². The van der Waals surface area contributed by atoms with E-state index in [1.807, 2.05) is 12.1 Å². The van der Waals surface area contributed by atoms with Crippen molar-refractivity contribution in [3.8, 4) is 5.75 Å². The van der Waals surface area contributed by atoms with Crippen LogP contribution in [-0.2, 0) is 17.3 Å². The fourth-order valence-electron chi connectivity index (χ4n) is 1.16. The van der Waals surface area contributed by atoms with Gasteiger partial charge in [-0.15, -0.1) is 0 Å². The second kappa shape index (κ2) is 5.08. The summed E-state index contributed by atoms with van der Waals surface area (Å²) >= 11 is 12.5. The van der Waals surface area contributed by atoms with E-state index < -0.39 is 0 Å². The molecule has 0 aromatic heterocycles. The molecule has 0 amide bonds. The number of rotatable bonds is 3. The summed E-state index contributed by atoms with van der Waals surface area (Å²) < 4.78 is 0. The third-order valence-electron chi connectivity index (χ3n) is 1.85. The summed E-state index contributed by atoms with van der Waals surface area (Å²) in [5.74, 6) is 2.06. The van der Waals surface area contributed by atoms with E-state index in [0.717, 1.165) is 16.7 Å². The lowest BCUT2D eigenvalue weighted by atomic mass is 10.1. The van der Waals surface area contributed by atoms with Crippen LogP contribution >= 0.6 is 37.9 Å². The first-order valence-corrected chi connectivity index (χ1v) is 5.79. The van der Waals surface area contributed by atoms with Crippen LogP contribution in [0.2, 0.25) is 0 Å². The highest BCUT2D eigenvalue weighted by molar-refractivity contribution is 7.79. The van der Waals surface area contributed by atoms with Gasteiger partial charge < -0.3 is 5.11 Å². The monoisotopic (exact) mass is 232 g/mol. The Balaban J connectivity index is 3.20. The molecule has 1 nitrogen and oxygen atoms in total. The molecular weight excluding hydrogens is 220 g/mol. The summed E-state index contributed by atoms with van der Waals surface area (Å²) in [5.41, 5.74) is 2.78. The van der Waals surface area contributed by atoms with Crippen molar-refractivity contribution in [3.63, 3.8) is 0 Å². The largest absolute Gasteiger partial charge is 0.507 e. The van der Waals surface area contributed by atoms with Gasteiger partial charge in [0, 0.05) is 28.4 Å². The number of phenols is 1. The molecule has 0 unspecified atom stereocenters. The van der Waals surface area contributed by atoms with Crippen LogP contribution in [0, 0.1) is 0 Å². The number of hydrogen-bond donors (Lipinski definition) is 4. The van der Waals surface area contributed by atoms with Gasteiger partial charge in [-0.1, -0.05) is 12.1 Å². The van der Waals surface area contributed by atoms with Crippen molar-refractivity contribution in [1.82, 2.24) is 0 Å². The van der Waals surface area contributed by atoms with Crippen molar-refractivity contribution in [2.45, 2.75) is 17.3 Å². The van der Waals surface area contributed by atoms with Gasteiger partial charge >= 0.3 is 0 Å². The van der Waals surface area contributed by atoms with Gasteiger partial charge in [0.1, 0.15) is 5.75 Å². The number of hydrogen-bond acceptors (Lipinski definition) is 4. The molecule has 72 valence electrons. The maximum absolute atomic E-state index is 9.69. The SMILES string of the molecule is Oc1c(CS)cc(CS)cc1CS. The Bertz CT molecular complexity index is 274. The quantitative estimate of drug-likeness (QED) is 0.591. The van der Waals surface area contributed by atoms with Gasteiger partial charge in [-0.25, -0.2) is 0 Å². The normalized spacial score (nSPS) is 10.4. The Morgan fingerprint density at radius 2 is 1.38 bits per heavy atom. The maximum Gasteiger partial charge on any atom is 0.123 e. The summed E-state index contributed by atoms with van der Waals surface area (Å²) in [5, 5.41) is 9.69. The molecule has 0 radical (unpaired) electrons. The van der Waals surface area contributed by atoms with E-state index in [1.165, 1.54) is 0 Å². The molecule has 0 aliphatic rings. The summed E-state index contributed by atoms with van der Waals surface area (Å²) in [6.07, 6.45) is 0. The summed E-state index contributed by atoms with van der Waals surface area (Å²) in [6.45, 7) is 0. The highest BCUT2D eigenvalue weighted by atomic mass is 32.1. The number of thiol groups is 3. The summed E-state index contributed by atoms with van der Waals surface area (Å²) in [4.78, 5) is 0. The first-order valence-electron chi connectivity index (χ1n) is 3.89. The highest BCUT2D eigenvalue weighted by Gasteiger charge is 2.06. The third-order valence-corrected chi connectivity index (χ3v) is 2.90. The van der Waals surface area contributed by atoms with Gasteiger partial charge in [-0.3, -0.25) is 0 Å².